The van der Waals surface area contributed by atoms with Crippen LogP contribution >= 0.6 is 31.9 Å². The molecule has 1 aliphatic rings. The third-order valence-corrected chi connectivity index (χ3v) is 5.96. The minimum Gasteiger partial charge on any atom is -0.207 e. The molecular weight excluding hydrogens is 371 g/mol. The largest absolute Gasteiger partial charge is 0.207 e. The van der Waals surface area contributed by atoms with Gasteiger partial charge in [0.2, 0.25) is 0 Å². The van der Waals surface area contributed by atoms with Gasteiger partial charge in [0.1, 0.15) is 5.82 Å². The van der Waals surface area contributed by atoms with Crippen molar-refractivity contribution in [3.05, 3.63) is 34.1 Å². The molecule has 0 amide bonds. The summed E-state index contributed by atoms with van der Waals surface area (Å²) >= 11 is 7.20. The number of alkyl halides is 1. The van der Waals surface area contributed by atoms with Gasteiger partial charge in [0, 0.05) is 9.30 Å². The molecule has 106 valence electrons. The Morgan fingerprint density at radius 3 is 2.63 bits per heavy atom. The van der Waals surface area contributed by atoms with Crippen molar-refractivity contribution in [2.24, 2.45) is 17.8 Å². The molecule has 1 aromatic rings. The van der Waals surface area contributed by atoms with Gasteiger partial charge in [0.25, 0.3) is 0 Å². The Morgan fingerprint density at radius 1 is 1.26 bits per heavy atom. The van der Waals surface area contributed by atoms with E-state index in [1.54, 1.807) is 6.07 Å². The topological polar surface area (TPSA) is 0 Å². The van der Waals surface area contributed by atoms with Gasteiger partial charge in [-0.05, 0) is 67.2 Å². The van der Waals surface area contributed by atoms with Crippen molar-refractivity contribution in [3.8, 4) is 0 Å². The van der Waals surface area contributed by atoms with Gasteiger partial charge in [-0.1, -0.05) is 45.7 Å². The Hall–Kier alpha value is 0.110. The Balaban J connectivity index is 2.07. The van der Waals surface area contributed by atoms with Gasteiger partial charge in [-0.15, -0.1) is 0 Å². The Kier molecular flexibility index (Phi) is 5.47. The van der Waals surface area contributed by atoms with Crippen LogP contribution in [-0.2, 0) is 6.42 Å². The maximum Gasteiger partial charge on any atom is 0.124 e. The van der Waals surface area contributed by atoms with Crippen LogP contribution in [0, 0.1) is 23.6 Å². The normalized spacial score (nSPS) is 27.8. The lowest BCUT2D eigenvalue weighted by molar-refractivity contribution is 0.222. The van der Waals surface area contributed by atoms with E-state index in [1.807, 2.05) is 6.07 Å². The highest BCUT2D eigenvalue weighted by molar-refractivity contribution is 9.10. The number of hydrogen-bond donors (Lipinski definition) is 0. The maximum atomic E-state index is 13.4. The predicted molar refractivity (Wildman–Crippen MR) is 86.2 cm³/mol. The molecule has 3 heteroatoms. The molecule has 0 heterocycles. The minimum absolute atomic E-state index is 0.147. The molecule has 1 aliphatic carbocycles. The average molecular weight is 392 g/mol. The van der Waals surface area contributed by atoms with Gasteiger partial charge < -0.3 is 0 Å². The summed E-state index contributed by atoms with van der Waals surface area (Å²) in [6.07, 6.45) is 4.78. The van der Waals surface area contributed by atoms with E-state index in [0.29, 0.717) is 10.7 Å². The molecule has 0 N–H and O–H groups in total. The van der Waals surface area contributed by atoms with Gasteiger partial charge in [0.15, 0.2) is 0 Å². The first kappa shape index (κ1) is 15.5. The molecule has 0 saturated heterocycles. The Labute approximate surface area is 132 Å². The summed E-state index contributed by atoms with van der Waals surface area (Å²) < 4.78 is 14.3. The van der Waals surface area contributed by atoms with Gasteiger partial charge >= 0.3 is 0 Å². The van der Waals surface area contributed by atoms with Crippen LogP contribution in [0.4, 0.5) is 4.39 Å². The third-order valence-electron chi connectivity index (χ3n) is 4.29. The molecule has 1 saturated carbocycles. The van der Waals surface area contributed by atoms with Crippen LogP contribution in [0.5, 0.6) is 0 Å². The Morgan fingerprint density at radius 2 is 2.00 bits per heavy atom. The van der Waals surface area contributed by atoms with Crippen molar-refractivity contribution in [1.82, 2.24) is 0 Å². The number of rotatable bonds is 3. The second-order valence-electron chi connectivity index (χ2n) is 6.08. The zero-order valence-electron chi connectivity index (χ0n) is 11.5. The van der Waals surface area contributed by atoms with E-state index in [1.165, 1.54) is 25.3 Å². The Bertz CT molecular complexity index is 411. The van der Waals surface area contributed by atoms with Gasteiger partial charge in [-0.3, -0.25) is 0 Å². The zero-order chi connectivity index (χ0) is 14.0. The molecule has 0 spiro atoms. The van der Waals surface area contributed by atoms with E-state index in [-0.39, 0.29) is 5.82 Å². The molecular formula is C16H21Br2F. The van der Waals surface area contributed by atoms with Crippen LogP contribution in [0.2, 0.25) is 0 Å². The summed E-state index contributed by atoms with van der Waals surface area (Å²) in [5.41, 5.74) is 1.10. The fraction of sp³-hybridized carbons (Fsp3) is 0.625. The smallest absolute Gasteiger partial charge is 0.124 e. The van der Waals surface area contributed by atoms with Crippen LogP contribution in [0.1, 0.15) is 38.7 Å². The van der Waals surface area contributed by atoms with E-state index in [4.69, 9.17) is 0 Å². The standard InChI is InChI=1S/C16H21Br2F/c1-10(2)12-3-4-16(18)13(8-12)5-11-6-14(17)9-15(19)7-11/h6-7,9-10,12-13,16H,3-5,8H2,1-2H3. The summed E-state index contributed by atoms with van der Waals surface area (Å²) in [4.78, 5) is 0.574. The SMILES string of the molecule is CC(C)C1CCC(Br)C(Cc2cc(F)cc(Br)c2)C1. The summed E-state index contributed by atoms with van der Waals surface area (Å²) in [7, 11) is 0. The summed E-state index contributed by atoms with van der Waals surface area (Å²) in [5, 5.41) is 0. The fourth-order valence-corrected chi connectivity index (χ4v) is 4.29. The number of benzene rings is 1. The van der Waals surface area contributed by atoms with Crippen LogP contribution in [0.25, 0.3) is 0 Å². The van der Waals surface area contributed by atoms with Crippen LogP contribution in [0.15, 0.2) is 22.7 Å². The second-order valence-corrected chi connectivity index (χ2v) is 8.17. The second kappa shape index (κ2) is 6.71. The molecule has 0 nitrogen and oxygen atoms in total. The van der Waals surface area contributed by atoms with E-state index in [0.717, 1.165) is 28.3 Å². The fourth-order valence-electron chi connectivity index (χ4n) is 3.11. The van der Waals surface area contributed by atoms with Crippen molar-refractivity contribution >= 4 is 31.9 Å². The third kappa shape index (κ3) is 4.29. The van der Waals surface area contributed by atoms with Gasteiger partial charge in [-0.2, -0.15) is 0 Å². The summed E-state index contributed by atoms with van der Waals surface area (Å²) in [6.45, 7) is 4.63. The van der Waals surface area contributed by atoms with E-state index in [9.17, 15) is 4.39 Å². The van der Waals surface area contributed by atoms with Gasteiger partial charge in [0.05, 0.1) is 0 Å². The lowest BCUT2D eigenvalue weighted by Gasteiger charge is -2.35. The quantitative estimate of drug-likeness (QED) is 0.557. The lowest BCUT2D eigenvalue weighted by Crippen LogP contribution is -2.29. The van der Waals surface area contributed by atoms with Crippen molar-refractivity contribution < 1.29 is 4.39 Å². The maximum absolute atomic E-state index is 13.4. The van der Waals surface area contributed by atoms with E-state index in [2.05, 4.69) is 45.7 Å². The first-order valence-electron chi connectivity index (χ1n) is 7.04. The van der Waals surface area contributed by atoms with Crippen LogP contribution in [-0.4, -0.2) is 4.83 Å². The molecule has 0 radical (unpaired) electrons. The summed E-state index contributed by atoms with van der Waals surface area (Å²) in [5.74, 6) is 2.04. The molecule has 1 aromatic carbocycles. The highest BCUT2D eigenvalue weighted by Crippen LogP contribution is 2.39. The zero-order valence-corrected chi connectivity index (χ0v) is 14.7. The highest BCUT2D eigenvalue weighted by Gasteiger charge is 2.30. The summed E-state index contributed by atoms with van der Waals surface area (Å²) in [6, 6.07) is 5.23. The molecule has 0 aliphatic heterocycles. The highest BCUT2D eigenvalue weighted by atomic mass is 79.9. The molecule has 0 aromatic heterocycles. The van der Waals surface area contributed by atoms with Crippen molar-refractivity contribution in [1.29, 1.82) is 0 Å². The van der Waals surface area contributed by atoms with Crippen molar-refractivity contribution in [3.63, 3.8) is 0 Å². The monoisotopic (exact) mass is 390 g/mol. The van der Waals surface area contributed by atoms with Crippen LogP contribution in [0.3, 0.4) is 0 Å². The number of hydrogen-bond acceptors (Lipinski definition) is 0. The molecule has 2 rings (SSSR count). The molecule has 3 unspecified atom stereocenters. The molecule has 3 atom stereocenters. The first-order chi connectivity index (χ1) is 8.95. The van der Waals surface area contributed by atoms with Crippen molar-refractivity contribution in [2.45, 2.75) is 44.4 Å². The van der Waals surface area contributed by atoms with Crippen molar-refractivity contribution in [2.75, 3.05) is 0 Å². The molecule has 1 fully saturated rings. The van der Waals surface area contributed by atoms with Crippen LogP contribution < -0.4 is 0 Å². The van der Waals surface area contributed by atoms with Gasteiger partial charge in [-0.25, -0.2) is 4.39 Å². The first-order valence-corrected chi connectivity index (χ1v) is 8.75. The predicted octanol–water partition coefficient (Wildman–Crippen LogP) is 5.97. The molecule has 0 bridgehead atoms. The average Bonchev–Trinajstić information content (AvgIpc) is 2.30. The van der Waals surface area contributed by atoms with E-state index >= 15 is 0 Å². The minimum atomic E-state index is -0.147. The van der Waals surface area contributed by atoms with E-state index < -0.39 is 0 Å². The lowest BCUT2D eigenvalue weighted by atomic mass is 9.74. The molecule has 19 heavy (non-hydrogen) atoms. The number of halogens is 3.